The maximum Gasteiger partial charge on any atom is 0.418 e. The first-order valence-electron chi connectivity index (χ1n) is 6.79. The van der Waals surface area contributed by atoms with Crippen LogP contribution in [0, 0.1) is 0 Å². The van der Waals surface area contributed by atoms with E-state index in [9.17, 15) is 23.1 Å². The van der Waals surface area contributed by atoms with Crippen molar-refractivity contribution in [1.29, 1.82) is 0 Å². The maximum atomic E-state index is 12.8. The van der Waals surface area contributed by atoms with Gasteiger partial charge in [0, 0.05) is 12.1 Å². The van der Waals surface area contributed by atoms with Gasteiger partial charge in [0.2, 0.25) is 0 Å². The Morgan fingerprint density at radius 3 is 2.65 bits per heavy atom. The standard InChI is InChI=1S/C15H15F3N2O3/c16-15(17,18)11-3-1-2-4-12(11)20-14(22)19-7-5-13(21)10-6-8-23-9-10/h1-4,6,8-9,13,21H,5,7H2,(H2,19,20,22). The second kappa shape index (κ2) is 7.19. The van der Waals surface area contributed by atoms with E-state index in [1.54, 1.807) is 6.07 Å². The molecule has 0 spiro atoms. The summed E-state index contributed by atoms with van der Waals surface area (Å²) in [6.45, 7) is 0.0896. The molecule has 1 aromatic carbocycles. The smallest absolute Gasteiger partial charge is 0.418 e. The van der Waals surface area contributed by atoms with Crippen molar-refractivity contribution in [2.24, 2.45) is 0 Å². The summed E-state index contributed by atoms with van der Waals surface area (Å²) in [5.41, 5.74) is -0.684. The van der Waals surface area contributed by atoms with Gasteiger partial charge in [0.05, 0.1) is 29.9 Å². The van der Waals surface area contributed by atoms with Gasteiger partial charge >= 0.3 is 12.2 Å². The maximum absolute atomic E-state index is 12.8. The van der Waals surface area contributed by atoms with Crippen LogP contribution < -0.4 is 10.6 Å². The Morgan fingerprint density at radius 2 is 2.00 bits per heavy atom. The van der Waals surface area contributed by atoms with Crippen molar-refractivity contribution in [1.82, 2.24) is 5.32 Å². The average molecular weight is 328 g/mol. The van der Waals surface area contributed by atoms with Crippen molar-refractivity contribution in [2.45, 2.75) is 18.7 Å². The Hall–Kier alpha value is -2.48. The number of hydrogen-bond donors (Lipinski definition) is 3. The SMILES string of the molecule is O=C(NCCC(O)c1ccoc1)Nc1ccccc1C(F)(F)F. The molecule has 1 atom stereocenters. The van der Waals surface area contributed by atoms with Gasteiger partial charge in [-0.25, -0.2) is 4.79 Å². The van der Waals surface area contributed by atoms with E-state index in [2.05, 4.69) is 10.6 Å². The van der Waals surface area contributed by atoms with Gasteiger partial charge in [-0.15, -0.1) is 0 Å². The second-order valence-corrected chi connectivity index (χ2v) is 4.79. The number of carbonyl (C=O) groups excluding carboxylic acids is 1. The number of para-hydroxylation sites is 1. The van der Waals surface area contributed by atoms with Gasteiger partial charge in [-0.1, -0.05) is 12.1 Å². The first-order valence-corrected chi connectivity index (χ1v) is 6.79. The molecular weight excluding hydrogens is 313 g/mol. The highest BCUT2D eigenvalue weighted by Crippen LogP contribution is 2.34. The van der Waals surface area contributed by atoms with Gasteiger partial charge < -0.3 is 20.2 Å². The number of rotatable bonds is 5. The molecule has 2 amide bonds. The molecule has 5 nitrogen and oxygen atoms in total. The molecule has 2 aromatic rings. The van der Waals surface area contributed by atoms with Crippen LogP contribution in [-0.4, -0.2) is 17.7 Å². The lowest BCUT2D eigenvalue weighted by Gasteiger charge is -2.14. The highest BCUT2D eigenvalue weighted by molar-refractivity contribution is 5.90. The lowest BCUT2D eigenvalue weighted by molar-refractivity contribution is -0.136. The first-order chi connectivity index (χ1) is 10.9. The first kappa shape index (κ1) is 16.9. The summed E-state index contributed by atoms with van der Waals surface area (Å²) in [6, 6.07) is 5.51. The number of anilines is 1. The van der Waals surface area contributed by atoms with Crippen molar-refractivity contribution in [2.75, 3.05) is 11.9 Å². The summed E-state index contributed by atoms with van der Waals surface area (Å²) in [7, 11) is 0. The van der Waals surface area contributed by atoms with Crippen molar-refractivity contribution < 1.29 is 27.5 Å². The molecule has 8 heteroatoms. The number of urea groups is 1. The molecule has 2 rings (SSSR count). The molecule has 0 aliphatic carbocycles. The number of nitrogens with one attached hydrogen (secondary N) is 2. The topological polar surface area (TPSA) is 74.5 Å². The third-order valence-electron chi connectivity index (χ3n) is 3.11. The molecule has 0 fully saturated rings. The quantitative estimate of drug-likeness (QED) is 0.786. The summed E-state index contributed by atoms with van der Waals surface area (Å²) in [4.78, 5) is 11.7. The molecule has 1 unspecified atom stereocenters. The second-order valence-electron chi connectivity index (χ2n) is 4.79. The van der Waals surface area contributed by atoms with Crippen LogP contribution in [0.1, 0.15) is 23.7 Å². The third-order valence-corrected chi connectivity index (χ3v) is 3.11. The number of halogens is 3. The van der Waals surface area contributed by atoms with Gasteiger partial charge in [0.1, 0.15) is 0 Å². The van der Waals surface area contributed by atoms with Gasteiger partial charge in [0.25, 0.3) is 0 Å². The van der Waals surface area contributed by atoms with E-state index in [0.29, 0.717) is 5.56 Å². The Labute approximate surface area is 130 Å². The predicted molar refractivity (Wildman–Crippen MR) is 76.8 cm³/mol. The van der Waals surface area contributed by atoms with E-state index in [1.807, 2.05) is 0 Å². The lowest BCUT2D eigenvalue weighted by Crippen LogP contribution is -2.31. The van der Waals surface area contributed by atoms with Crippen LogP contribution >= 0.6 is 0 Å². The molecule has 0 bridgehead atoms. The number of alkyl halides is 3. The van der Waals surface area contributed by atoms with Gasteiger partial charge in [-0.05, 0) is 24.6 Å². The van der Waals surface area contributed by atoms with Crippen LogP contribution in [0.5, 0.6) is 0 Å². The minimum Gasteiger partial charge on any atom is -0.472 e. The molecule has 0 saturated heterocycles. The monoisotopic (exact) mass is 328 g/mol. The van der Waals surface area contributed by atoms with Crippen molar-refractivity contribution in [3.05, 3.63) is 54.0 Å². The fourth-order valence-electron chi connectivity index (χ4n) is 1.96. The zero-order chi connectivity index (χ0) is 16.9. The van der Waals surface area contributed by atoms with Crippen LogP contribution in [0.3, 0.4) is 0 Å². The zero-order valence-corrected chi connectivity index (χ0v) is 11.9. The summed E-state index contributed by atoms with van der Waals surface area (Å²) < 4.78 is 43.2. The minimum absolute atomic E-state index is 0.0896. The van der Waals surface area contributed by atoms with Gasteiger partial charge in [-0.2, -0.15) is 13.2 Å². The molecule has 1 heterocycles. The number of hydrogen-bond acceptors (Lipinski definition) is 3. The fraction of sp³-hybridized carbons (Fsp3) is 0.267. The molecule has 3 N–H and O–H groups in total. The average Bonchev–Trinajstić information content (AvgIpc) is 3.01. The van der Waals surface area contributed by atoms with Crippen LogP contribution in [0.25, 0.3) is 0 Å². The Morgan fingerprint density at radius 1 is 1.26 bits per heavy atom. The Balaban J connectivity index is 1.86. The number of aliphatic hydroxyl groups is 1. The Bertz CT molecular complexity index is 642. The fourth-order valence-corrected chi connectivity index (χ4v) is 1.96. The van der Waals surface area contributed by atoms with E-state index in [0.717, 1.165) is 6.07 Å². The highest BCUT2D eigenvalue weighted by atomic mass is 19.4. The number of aliphatic hydroxyl groups excluding tert-OH is 1. The van der Waals surface area contributed by atoms with E-state index < -0.39 is 23.9 Å². The Kier molecular flexibility index (Phi) is 5.28. The van der Waals surface area contributed by atoms with Crippen molar-refractivity contribution in [3.8, 4) is 0 Å². The number of benzene rings is 1. The van der Waals surface area contributed by atoms with Crippen molar-refractivity contribution in [3.63, 3.8) is 0 Å². The van der Waals surface area contributed by atoms with E-state index in [-0.39, 0.29) is 18.7 Å². The van der Waals surface area contributed by atoms with E-state index in [1.165, 1.54) is 30.7 Å². The van der Waals surface area contributed by atoms with E-state index >= 15 is 0 Å². The van der Waals surface area contributed by atoms with Gasteiger partial charge in [0.15, 0.2) is 0 Å². The molecule has 0 saturated carbocycles. The van der Waals surface area contributed by atoms with Gasteiger partial charge in [-0.3, -0.25) is 0 Å². The summed E-state index contributed by atoms with van der Waals surface area (Å²) in [5.74, 6) is 0. The third kappa shape index (κ3) is 4.75. The van der Waals surface area contributed by atoms with Crippen LogP contribution in [-0.2, 0) is 6.18 Å². The molecule has 1 aromatic heterocycles. The highest BCUT2D eigenvalue weighted by Gasteiger charge is 2.33. The molecule has 23 heavy (non-hydrogen) atoms. The van der Waals surface area contributed by atoms with E-state index in [4.69, 9.17) is 4.42 Å². The van der Waals surface area contributed by atoms with Crippen LogP contribution in [0.15, 0.2) is 47.3 Å². The number of amides is 2. The summed E-state index contributed by atoms with van der Waals surface area (Å²) in [5, 5.41) is 14.3. The van der Waals surface area contributed by atoms with Crippen molar-refractivity contribution >= 4 is 11.7 Å². The molecule has 0 aliphatic rings. The number of carbonyl (C=O) groups is 1. The van der Waals surface area contributed by atoms with Crippen LogP contribution in [0.2, 0.25) is 0 Å². The predicted octanol–water partition coefficient (Wildman–Crippen LogP) is 3.54. The molecule has 124 valence electrons. The zero-order valence-electron chi connectivity index (χ0n) is 11.9. The summed E-state index contributed by atoms with van der Waals surface area (Å²) in [6.07, 6.45) is -2.39. The van der Waals surface area contributed by atoms with Crippen LogP contribution in [0.4, 0.5) is 23.7 Å². The molecule has 0 radical (unpaired) electrons. The minimum atomic E-state index is -4.55. The largest absolute Gasteiger partial charge is 0.472 e. The summed E-state index contributed by atoms with van der Waals surface area (Å²) >= 11 is 0. The molecular formula is C15H15F3N2O3. The molecule has 0 aliphatic heterocycles. The normalized spacial score (nSPS) is 12.7. The number of furan rings is 1. The lowest BCUT2D eigenvalue weighted by atomic mass is 10.1.